The van der Waals surface area contributed by atoms with Crippen LogP contribution in [-0.2, 0) is 9.53 Å². The Morgan fingerprint density at radius 1 is 1.35 bits per heavy atom. The van der Waals surface area contributed by atoms with Gasteiger partial charge < -0.3 is 15.4 Å². The van der Waals surface area contributed by atoms with E-state index in [0.717, 1.165) is 19.3 Å². The monoisotopic (exact) mass is 337 g/mol. The molecule has 2 heterocycles. The highest BCUT2D eigenvalue weighted by atomic mass is 19.4. The number of likely N-dealkylation sites (tertiary alicyclic amines) is 1. The van der Waals surface area contributed by atoms with Crippen LogP contribution in [0.2, 0.25) is 0 Å². The molecule has 5 nitrogen and oxygen atoms in total. The third-order valence-electron chi connectivity index (χ3n) is 4.56. The summed E-state index contributed by atoms with van der Waals surface area (Å²) >= 11 is 0. The normalized spacial score (nSPS) is 27.8. The van der Waals surface area contributed by atoms with Crippen LogP contribution in [0.15, 0.2) is 0 Å². The van der Waals surface area contributed by atoms with Gasteiger partial charge in [0.05, 0.1) is 19.3 Å². The van der Waals surface area contributed by atoms with Gasteiger partial charge in [0.25, 0.3) is 0 Å². The fraction of sp³-hybridized carbons (Fsp3) is 0.933. The molecule has 2 rings (SSSR count). The van der Waals surface area contributed by atoms with Crippen molar-refractivity contribution in [2.24, 2.45) is 5.92 Å². The molecule has 23 heavy (non-hydrogen) atoms. The molecule has 0 radical (unpaired) electrons. The van der Waals surface area contributed by atoms with Crippen molar-refractivity contribution in [3.63, 3.8) is 0 Å². The van der Waals surface area contributed by atoms with Crippen molar-refractivity contribution in [1.82, 2.24) is 15.5 Å². The molecule has 2 saturated heterocycles. The van der Waals surface area contributed by atoms with E-state index in [1.807, 2.05) is 6.92 Å². The molecule has 0 aromatic heterocycles. The minimum atomic E-state index is -4.12. The number of carbonyl (C=O) groups excluding carboxylic acids is 1. The van der Waals surface area contributed by atoms with E-state index in [9.17, 15) is 18.0 Å². The molecule has 0 saturated carbocycles. The van der Waals surface area contributed by atoms with Crippen LogP contribution < -0.4 is 10.6 Å². The zero-order chi connectivity index (χ0) is 16.9. The Labute approximate surface area is 134 Å². The Hall–Kier alpha value is -0.860. The molecule has 1 amide bonds. The predicted octanol–water partition coefficient (Wildman–Crippen LogP) is 1.14. The standard InChI is InChI=1S/C15H26F3N3O2/c1-11-13(19-6-9-23-11)14(22)20-5-2-12-3-7-21(8-4-12)10-15(16,17)18/h11-13,19H,2-10H2,1H3,(H,20,22)/t11-,13+/m1/s1. The smallest absolute Gasteiger partial charge is 0.375 e. The van der Waals surface area contributed by atoms with Gasteiger partial charge in [0, 0.05) is 13.1 Å². The highest BCUT2D eigenvalue weighted by Crippen LogP contribution is 2.23. The van der Waals surface area contributed by atoms with E-state index >= 15 is 0 Å². The number of hydrogen-bond donors (Lipinski definition) is 2. The average Bonchev–Trinajstić information content (AvgIpc) is 2.48. The molecule has 134 valence electrons. The fourth-order valence-corrected chi connectivity index (χ4v) is 3.22. The van der Waals surface area contributed by atoms with Gasteiger partial charge >= 0.3 is 6.18 Å². The number of halogens is 3. The lowest BCUT2D eigenvalue weighted by Crippen LogP contribution is -2.55. The van der Waals surface area contributed by atoms with Crippen molar-refractivity contribution in [2.75, 3.05) is 39.3 Å². The molecule has 0 aromatic rings. The molecule has 8 heteroatoms. The molecule has 2 atom stereocenters. The summed E-state index contributed by atoms with van der Waals surface area (Å²) in [6, 6.07) is -0.322. The third kappa shape index (κ3) is 6.27. The number of piperidine rings is 1. The van der Waals surface area contributed by atoms with E-state index < -0.39 is 12.7 Å². The molecular formula is C15H26F3N3O2. The molecule has 2 N–H and O–H groups in total. The molecule has 2 aliphatic rings. The first-order valence-corrected chi connectivity index (χ1v) is 8.27. The number of nitrogens with one attached hydrogen (secondary N) is 2. The molecule has 2 fully saturated rings. The van der Waals surface area contributed by atoms with Gasteiger partial charge in [-0.1, -0.05) is 0 Å². The van der Waals surface area contributed by atoms with E-state index in [-0.39, 0.29) is 18.1 Å². The summed E-state index contributed by atoms with van der Waals surface area (Å²) in [4.78, 5) is 13.5. The van der Waals surface area contributed by atoms with Gasteiger partial charge in [-0.25, -0.2) is 0 Å². The molecule has 0 unspecified atom stereocenters. The Kier molecular flexibility index (Phi) is 6.67. The van der Waals surface area contributed by atoms with Gasteiger partial charge in [0.1, 0.15) is 6.04 Å². The first-order valence-electron chi connectivity index (χ1n) is 8.27. The Bertz CT molecular complexity index is 385. The maximum Gasteiger partial charge on any atom is 0.401 e. The summed E-state index contributed by atoms with van der Waals surface area (Å²) in [7, 11) is 0. The number of nitrogens with zero attached hydrogens (tertiary/aromatic N) is 1. The first kappa shape index (κ1) is 18.5. The van der Waals surface area contributed by atoms with Gasteiger partial charge in [-0.2, -0.15) is 13.2 Å². The summed E-state index contributed by atoms with van der Waals surface area (Å²) in [5, 5.41) is 6.04. The van der Waals surface area contributed by atoms with Crippen LogP contribution in [-0.4, -0.2) is 68.5 Å². The van der Waals surface area contributed by atoms with Crippen molar-refractivity contribution in [3.8, 4) is 0 Å². The second kappa shape index (κ2) is 8.30. The highest BCUT2D eigenvalue weighted by molar-refractivity contribution is 5.82. The topological polar surface area (TPSA) is 53.6 Å². The Balaban J connectivity index is 1.61. The number of alkyl halides is 3. The summed E-state index contributed by atoms with van der Waals surface area (Å²) in [5.41, 5.74) is 0. The summed E-state index contributed by atoms with van der Waals surface area (Å²) < 4.78 is 42.4. The van der Waals surface area contributed by atoms with E-state index in [1.165, 1.54) is 4.90 Å². The quantitative estimate of drug-likeness (QED) is 0.790. The van der Waals surface area contributed by atoms with Crippen LogP contribution in [0.25, 0.3) is 0 Å². The Morgan fingerprint density at radius 2 is 2.04 bits per heavy atom. The van der Waals surface area contributed by atoms with E-state index in [1.54, 1.807) is 0 Å². The van der Waals surface area contributed by atoms with Crippen LogP contribution in [0.5, 0.6) is 0 Å². The van der Waals surface area contributed by atoms with Crippen molar-refractivity contribution in [3.05, 3.63) is 0 Å². The minimum absolute atomic E-state index is 0.0632. The van der Waals surface area contributed by atoms with Crippen molar-refractivity contribution in [1.29, 1.82) is 0 Å². The number of morpholine rings is 1. The largest absolute Gasteiger partial charge is 0.401 e. The molecule has 0 aliphatic carbocycles. The highest BCUT2D eigenvalue weighted by Gasteiger charge is 2.32. The Morgan fingerprint density at radius 3 is 2.65 bits per heavy atom. The summed E-state index contributed by atoms with van der Waals surface area (Å²) in [6.45, 7) is 3.85. The van der Waals surface area contributed by atoms with Crippen LogP contribution in [0, 0.1) is 5.92 Å². The fourth-order valence-electron chi connectivity index (χ4n) is 3.22. The molecule has 0 bridgehead atoms. The second-order valence-electron chi connectivity index (χ2n) is 6.42. The van der Waals surface area contributed by atoms with Gasteiger partial charge in [-0.15, -0.1) is 0 Å². The molecule has 0 spiro atoms. The van der Waals surface area contributed by atoms with Crippen LogP contribution in [0.3, 0.4) is 0 Å². The van der Waals surface area contributed by atoms with Crippen LogP contribution >= 0.6 is 0 Å². The number of carbonyl (C=O) groups is 1. The van der Waals surface area contributed by atoms with Gasteiger partial charge in [-0.3, -0.25) is 9.69 Å². The third-order valence-corrected chi connectivity index (χ3v) is 4.56. The number of amides is 1. The summed E-state index contributed by atoms with van der Waals surface area (Å²) in [5.74, 6) is 0.319. The molecular weight excluding hydrogens is 311 g/mol. The van der Waals surface area contributed by atoms with Crippen LogP contribution in [0.4, 0.5) is 13.2 Å². The van der Waals surface area contributed by atoms with E-state index in [2.05, 4.69) is 10.6 Å². The van der Waals surface area contributed by atoms with Crippen molar-refractivity contribution < 1.29 is 22.7 Å². The van der Waals surface area contributed by atoms with Crippen LogP contribution in [0.1, 0.15) is 26.2 Å². The van der Waals surface area contributed by atoms with E-state index in [0.29, 0.717) is 38.7 Å². The lowest BCUT2D eigenvalue weighted by atomic mass is 9.93. The number of hydrogen-bond acceptors (Lipinski definition) is 4. The molecule has 2 aliphatic heterocycles. The van der Waals surface area contributed by atoms with Crippen molar-refractivity contribution >= 4 is 5.91 Å². The SMILES string of the molecule is C[C@H]1OCCN[C@@H]1C(=O)NCCC1CCN(CC(F)(F)F)CC1. The van der Waals surface area contributed by atoms with E-state index in [4.69, 9.17) is 4.74 Å². The zero-order valence-electron chi connectivity index (χ0n) is 13.5. The second-order valence-corrected chi connectivity index (χ2v) is 6.42. The molecule has 0 aromatic carbocycles. The maximum atomic E-state index is 12.3. The predicted molar refractivity (Wildman–Crippen MR) is 80.1 cm³/mol. The van der Waals surface area contributed by atoms with Gasteiger partial charge in [-0.05, 0) is 45.2 Å². The number of rotatable bonds is 5. The number of ether oxygens (including phenoxy) is 1. The minimum Gasteiger partial charge on any atom is -0.375 e. The van der Waals surface area contributed by atoms with Gasteiger partial charge in [0.15, 0.2) is 0 Å². The summed E-state index contributed by atoms with van der Waals surface area (Å²) in [6.07, 6.45) is -1.94. The van der Waals surface area contributed by atoms with Gasteiger partial charge in [0.2, 0.25) is 5.91 Å². The lowest BCUT2D eigenvalue weighted by molar-refractivity contribution is -0.148. The lowest BCUT2D eigenvalue weighted by Gasteiger charge is -2.32. The van der Waals surface area contributed by atoms with Crippen molar-refractivity contribution in [2.45, 2.75) is 44.5 Å². The maximum absolute atomic E-state index is 12.3. The zero-order valence-corrected chi connectivity index (χ0v) is 13.5. The average molecular weight is 337 g/mol. The first-order chi connectivity index (χ1) is 10.8.